The van der Waals surface area contributed by atoms with Crippen molar-refractivity contribution in [3.05, 3.63) is 43.3 Å². The van der Waals surface area contributed by atoms with Crippen LogP contribution in [0.5, 0.6) is 0 Å². The Morgan fingerprint density at radius 2 is 1.29 bits per heavy atom. The maximum Gasteiger partial charge on any atom is 0.240 e. The predicted octanol–water partition coefficient (Wildman–Crippen LogP) is 2.46. The molecule has 2 heterocycles. The molecular formula is C14H12I2N4O4. The molecule has 0 spiro atoms. The fraction of sp³-hybridized carbons (Fsp3) is 0.143. The smallest absolute Gasteiger partial charge is 0.240 e. The number of rotatable bonds is 7. The lowest BCUT2D eigenvalue weighted by atomic mass is 10.3. The number of amides is 2. The van der Waals surface area contributed by atoms with Crippen LogP contribution in [0.3, 0.4) is 0 Å². The van der Waals surface area contributed by atoms with Gasteiger partial charge in [0.05, 0.1) is 12.4 Å². The van der Waals surface area contributed by atoms with E-state index < -0.39 is 0 Å². The van der Waals surface area contributed by atoms with Gasteiger partial charge in [0.1, 0.15) is 11.5 Å². The fourth-order valence-corrected chi connectivity index (χ4v) is 2.34. The van der Waals surface area contributed by atoms with E-state index >= 15 is 0 Å². The van der Waals surface area contributed by atoms with Gasteiger partial charge in [0.2, 0.25) is 11.8 Å². The lowest BCUT2D eigenvalue weighted by Gasteiger charge is -1.99. The van der Waals surface area contributed by atoms with E-state index in [1.807, 2.05) is 45.2 Å². The van der Waals surface area contributed by atoms with Crippen molar-refractivity contribution >= 4 is 69.4 Å². The van der Waals surface area contributed by atoms with E-state index in [0.717, 1.165) is 7.53 Å². The molecule has 0 unspecified atom stereocenters. The van der Waals surface area contributed by atoms with Gasteiger partial charge < -0.3 is 8.83 Å². The van der Waals surface area contributed by atoms with Gasteiger partial charge in [-0.25, -0.2) is 10.9 Å². The summed E-state index contributed by atoms with van der Waals surface area (Å²) in [6.07, 6.45) is 2.75. The lowest BCUT2D eigenvalue weighted by molar-refractivity contribution is -0.126. The second-order valence-electron chi connectivity index (χ2n) is 4.37. The van der Waals surface area contributed by atoms with E-state index in [4.69, 9.17) is 8.83 Å². The number of nitrogens with zero attached hydrogens (tertiary/aromatic N) is 2. The van der Waals surface area contributed by atoms with Gasteiger partial charge in [0.15, 0.2) is 7.53 Å². The van der Waals surface area contributed by atoms with Gasteiger partial charge in [-0.15, -0.1) is 0 Å². The van der Waals surface area contributed by atoms with E-state index in [1.165, 1.54) is 12.4 Å². The molecule has 0 aliphatic carbocycles. The summed E-state index contributed by atoms with van der Waals surface area (Å²) in [5.41, 5.74) is 4.63. The summed E-state index contributed by atoms with van der Waals surface area (Å²) < 4.78 is 11.9. The molecule has 2 amide bonds. The molecule has 8 nitrogen and oxygen atoms in total. The van der Waals surface area contributed by atoms with E-state index in [2.05, 4.69) is 21.1 Å². The Labute approximate surface area is 164 Å². The molecule has 2 aromatic heterocycles. The van der Waals surface area contributed by atoms with Crippen molar-refractivity contribution in [2.45, 2.75) is 12.8 Å². The van der Waals surface area contributed by atoms with Crippen molar-refractivity contribution < 1.29 is 18.4 Å². The molecule has 0 radical (unpaired) electrons. The molecule has 10 heteroatoms. The molecule has 0 fully saturated rings. The number of halogens is 2. The summed E-state index contributed by atoms with van der Waals surface area (Å²) in [7, 11) is 0. The van der Waals surface area contributed by atoms with Crippen LogP contribution in [0.2, 0.25) is 0 Å². The molecule has 0 aliphatic rings. The average molecular weight is 554 g/mol. The van der Waals surface area contributed by atoms with E-state index in [-0.39, 0.29) is 24.7 Å². The molecule has 2 rings (SSSR count). The molecule has 2 N–H and O–H groups in total. The first-order chi connectivity index (χ1) is 11.5. The van der Waals surface area contributed by atoms with Gasteiger partial charge in [-0.05, 0) is 69.4 Å². The van der Waals surface area contributed by atoms with Gasteiger partial charge in [0.25, 0.3) is 0 Å². The van der Waals surface area contributed by atoms with Gasteiger partial charge in [-0.3, -0.25) is 9.59 Å². The van der Waals surface area contributed by atoms with Crippen molar-refractivity contribution in [3.8, 4) is 0 Å². The third-order valence-corrected chi connectivity index (χ3v) is 3.69. The fourth-order valence-electron chi connectivity index (χ4n) is 1.47. The molecule has 0 saturated heterocycles. The quantitative estimate of drug-likeness (QED) is 0.312. The highest BCUT2D eigenvalue weighted by Gasteiger charge is 2.05. The summed E-state index contributed by atoms with van der Waals surface area (Å²) in [5.74, 6) is 0.290. The zero-order valence-corrected chi connectivity index (χ0v) is 16.5. The van der Waals surface area contributed by atoms with Crippen LogP contribution in [0.1, 0.15) is 24.4 Å². The summed E-state index contributed by atoms with van der Waals surface area (Å²) in [5, 5.41) is 7.48. The number of nitrogens with one attached hydrogen (secondary N) is 2. The van der Waals surface area contributed by atoms with Gasteiger partial charge >= 0.3 is 0 Å². The number of carbonyl (C=O) groups excluding carboxylic acids is 2. The minimum absolute atomic E-state index is 0.00691. The van der Waals surface area contributed by atoms with Crippen LogP contribution in [-0.2, 0) is 9.59 Å². The van der Waals surface area contributed by atoms with Crippen molar-refractivity contribution in [1.82, 2.24) is 10.9 Å². The van der Waals surface area contributed by atoms with Crippen LogP contribution in [0.15, 0.2) is 43.3 Å². The minimum atomic E-state index is -0.382. The second kappa shape index (κ2) is 9.56. The average Bonchev–Trinajstić information content (AvgIpc) is 3.14. The number of hydrogen-bond donors (Lipinski definition) is 2. The summed E-state index contributed by atoms with van der Waals surface area (Å²) >= 11 is 4.05. The molecule has 0 saturated carbocycles. The van der Waals surface area contributed by atoms with E-state index in [9.17, 15) is 9.59 Å². The Bertz CT molecular complexity index is 702. The maximum atomic E-state index is 11.5. The highest BCUT2D eigenvalue weighted by Crippen LogP contribution is 2.08. The van der Waals surface area contributed by atoms with Crippen molar-refractivity contribution in [2.75, 3.05) is 0 Å². The Kier molecular flexibility index (Phi) is 7.42. The molecule has 126 valence electrons. The Morgan fingerprint density at radius 3 is 1.62 bits per heavy atom. The summed E-state index contributed by atoms with van der Waals surface area (Å²) in [6, 6.07) is 7.00. The number of hydrazone groups is 2. The van der Waals surface area contributed by atoms with E-state index in [0.29, 0.717) is 11.5 Å². The third kappa shape index (κ3) is 6.82. The van der Waals surface area contributed by atoms with Gasteiger partial charge in [-0.1, -0.05) is 0 Å². The summed E-state index contributed by atoms with van der Waals surface area (Å²) in [6.45, 7) is 0. The van der Waals surface area contributed by atoms with Crippen molar-refractivity contribution in [2.24, 2.45) is 10.2 Å². The summed E-state index contributed by atoms with van der Waals surface area (Å²) in [4.78, 5) is 23.1. The van der Waals surface area contributed by atoms with Crippen LogP contribution < -0.4 is 10.9 Å². The highest BCUT2D eigenvalue weighted by atomic mass is 127. The number of furan rings is 2. The van der Waals surface area contributed by atoms with Crippen LogP contribution in [-0.4, -0.2) is 24.2 Å². The highest BCUT2D eigenvalue weighted by molar-refractivity contribution is 14.1. The first kappa shape index (κ1) is 18.6. The standard InChI is InChI=1S/C14H12I2N4O4/c15-11-3-1-9(23-11)7-17-19-13(21)5-6-14(22)20-18-8-10-2-4-12(16)24-10/h1-4,7-8H,5-6H2,(H,19,21)(H,20,22)/b17-7+,18-8+. The van der Waals surface area contributed by atoms with Crippen molar-refractivity contribution in [3.63, 3.8) is 0 Å². The van der Waals surface area contributed by atoms with Crippen LogP contribution in [0, 0.1) is 7.53 Å². The number of hydrogen-bond acceptors (Lipinski definition) is 6. The third-order valence-electron chi connectivity index (χ3n) is 2.53. The molecule has 0 aliphatic heterocycles. The van der Waals surface area contributed by atoms with Gasteiger partial charge in [-0.2, -0.15) is 10.2 Å². The minimum Gasteiger partial charge on any atom is -0.449 e. The Balaban J connectivity index is 1.64. The molecule has 0 bridgehead atoms. The van der Waals surface area contributed by atoms with Gasteiger partial charge in [0, 0.05) is 12.8 Å². The molecule has 24 heavy (non-hydrogen) atoms. The van der Waals surface area contributed by atoms with Crippen molar-refractivity contribution in [1.29, 1.82) is 0 Å². The molecule has 0 atom stereocenters. The molecule has 0 aromatic carbocycles. The molecular weight excluding hydrogens is 542 g/mol. The monoisotopic (exact) mass is 554 g/mol. The zero-order valence-electron chi connectivity index (χ0n) is 12.2. The molecule has 2 aromatic rings. The van der Waals surface area contributed by atoms with E-state index in [1.54, 1.807) is 24.3 Å². The SMILES string of the molecule is O=C(CCC(=O)N/N=C/c1ccc(I)o1)N/N=C/c1ccc(I)o1. The first-order valence-corrected chi connectivity index (χ1v) is 8.83. The first-order valence-electron chi connectivity index (χ1n) is 6.67. The normalized spacial score (nSPS) is 11.2. The Morgan fingerprint density at radius 1 is 0.875 bits per heavy atom. The second-order valence-corrected chi connectivity index (χ2v) is 6.50. The number of carbonyl (C=O) groups is 2. The predicted molar refractivity (Wildman–Crippen MR) is 104 cm³/mol. The van der Waals surface area contributed by atoms with Crippen LogP contribution in [0.25, 0.3) is 0 Å². The topological polar surface area (TPSA) is 109 Å². The zero-order chi connectivity index (χ0) is 17.4. The van der Waals surface area contributed by atoms with Crippen LogP contribution in [0.4, 0.5) is 0 Å². The van der Waals surface area contributed by atoms with Crippen LogP contribution >= 0.6 is 45.2 Å². The lowest BCUT2D eigenvalue weighted by Crippen LogP contribution is -2.22. The largest absolute Gasteiger partial charge is 0.449 e. The maximum absolute atomic E-state index is 11.5. The Hall–Kier alpha value is -1.70.